The first-order valence-corrected chi connectivity index (χ1v) is 9.76. The molecule has 0 bridgehead atoms. The van der Waals surface area contributed by atoms with Gasteiger partial charge in [-0.25, -0.2) is 0 Å². The summed E-state index contributed by atoms with van der Waals surface area (Å²) in [6, 6.07) is 0. The Bertz CT molecular complexity index is 214. The fourth-order valence-corrected chi connectivity index (χ4v) is 3.39. The van der Waals surface area contributed by atoms with Crippen molar-refractivity contribution in [3.63, 3.8) is 0 Å². The lowest BCUT2D eigenvalue weighted by Crippen LogP contribution is -2.39. The Kier molecular flexibility index (Phi) is 12.3. The van der Waals surface area contributed by atoms with Crippen molar-refractivity contribution in [2.24, 2.45) is 0 Å². The van der Waals surface area contributed by atoms with E-state index >= 15 is 0 Å². The van der Waals surface area contributed by atoms with Crippen molar-refractivity contribution in [2.45, 2.75) is 109 Å². The third-order valence-corrected chi connectivity index (χ3v) is 4.88. The van der Waals surface area contributed by atoms with Gasteiger partial charge in [-0.3, -0.25) is 4.90 Å². The highest BCUT2D eigenvalue weighted by atomic mass is 16.3. The summed E-state index contributed by atoms with van der Waals surface area (Å²) in [4.78, 5) is 2.28. The van der Waals surface area contributed by atoms with Crippen LogP contribution in [0.15, 0.2) is 0 Å². The van der Waals surface area contributed by atoms with Gasteiger partial charge in [-0.1, -0.05) is 77.6 Å². The minimum absolute atomic E-state index is 0.163. The first-order valence-electron chi connectivity index (χ1n) is 9.76. The van der Waals surface area contributed by atoms with Gasteiger partial charge in [0.15, 0.2) is 0 Å². The normalized spacial score (nSPS) is 18.0. The fraction of sp³-hybridized carbons (Fsp3) is 1.00. The summed E-state index contributed by atoms with van der Waals surface area (Å²) in [5.74, 6) is 0. The molecule has 2 heteroatoms. The van der Waals surface area contributed by atoms with Crippen LogP contribution in [0.25, 0.3) is 0 Å². The van der Waals surface area contributed by atoms with Gasteiger partial charge in [0.1, 0.15) is 6.23 Å². The molecular weight excluding hydrogens is 258 g/mol. The molecule has 0 aromatic rings. The summed E-state index contributed by atoms with van der Waals surface area (Å²) >= 11 is 0. The minimum Gasteiger partial charge on any atom is -0.378 e. The molecule has 0 aliphatic carbocycles. The van der Waals surface area contributed by atoms with E-state index in [1.807, 2.05) is 0 Å². The highest BCUT2D eigenvalue weighted by Gasteiger charge is 2.17. The molecule has 126 valence electrons. The molecule has 1 rings (SSSR count). The van der Waals surface area contributed by atoms with Crippen molar-refractivity contribution in [2.75, 3.05) is 13.1 Å². The van der Waals surface area contributed by atoms with E-state index in [0.29, 0.717) is 0 Å². The molecule has 2 nitrogen and oxygen atoms in total. The van der Waals surface area contributed by atoms with Gasteiger partial charge in [0, 0.05) is 13.1 Å². The fourth-order valence-electron chi connectivity index (χ4n) is 3.39. The van der Waals surface area contributed by atoms with E-state index in [0.717, 1.165) is 19.5 Å². The van der Waals surface area contributed by atoms with Gasteiger partial charge < -0.3 is 5.11 Å². The SMILES string of the molecule is CCCCCCCCCCCCCC(O)N1CCCCC1. The van der Waals surface area contributed by atoms with E-state index in [9.17, 15) is 5.11 Å². The number of hydrogen-bond donors (Lipinski definition) is 1. The number of piperidine rings is 1. The van der Waals surface area contributed by atoms with Gasteiger partial charge in [-0.15, -0.1) is 0 Å². The Hall–Kier alpha value is -0.0800. The number of unbranched alkanes of at least 4 members (excludes halogenated alkanes) is 10. The molecule has 0 aromatic carbocycles. The van der Waals surface area contributed by atoms with Crippen molar-refractivity contribution in [1.82, 2.24) is 4.90 Å². The predicted molar refractivity (Wildman–Crippen MR) is 92.5 cm³/mol. The van der Waals surface area contributed by atoms with Crippen LogP contribution in [0.4, 0.5) is 0 Å². The number of aliphatic hydroxyl groups excluding tert-OH is 1. The standard InChI is InChI=1S/C19H39NO/c1-2-3-4-5-6-7-8-9-10-11-13-16-19(21)20-17-14-12-15-18-20/h19,21H,2-18H2,1H3. The van der Waals surface area contributed by atoms with Crippen LogP contribution in [0.2, 0.25) is 0 Å². The molecule has 0 radical (unpaired) electrons. The second-order valence-electron chi connectivity index (χ2n) is 6.90. The van der Waals surface area contributed by atoms with Crippen LogP contribution in [-0.2, 0) is 0 Å². The first kappa shape index (κ1) is 19.0. The van der Waals surface area contributed by atoms with Crippen LogP contribution in [0.1, 0.15) is 103 Å². The smallest absolute Gasteiger partial charge is 0.107 e. The van der Waals surface area contributed by atoms with Gasteiger partial charge in [0.2, 0.25) is 0 Å². The Morgan fingerprint density at radius 1 is 0.714 bits per heavy atom. The van der Waals surface area contributed by atoms with Crippen LogP contribution in [0, 0.1) is 0 Å². The third-order valence-electron chi connectivity index (χ3n) is 4.88. The second-order valence-corrected chi connectivity index (χ2v) is 6.90. The number of likely N-dealkylation sites (tertiary alicyclic amines) is 1. The van der Waals surface area contributed by atoms with Gasteiger partial charge in [-0.05, 0) is 25.7 Å². The lowest BCUT2D eigenvalue weighted by molar-refractivity contribution is -0.0148. The van der Waals surface area contributed by atoms with Crippen LogP contribution >= 0.6 is 0 Å². The average molecular weight is 298 g/mol. The molecule has 1 saturated heterocycles. The second kappa shape index (κ2) is 13.6. The van der Waals surface area contributed by atoms with Crippen LogP contribution in [-0.4, -0.2) is 29.3 Å². The Balaban J connectivity index is 1.79. The Labute approximate surface area is 133 Å². The Morgan fingerprint density at radius 2 is 1.19 bits per heavy atom. The zero-order chi connectivity index (χ0) is 15.2. The summed E-state index contributed by atoms with van der Waals surface area (Å²) in [6.45, 7) is 4.50. The molecule has 1 aliphatic heterocycles. The molecule has 0 saturated carbocycles. The number of nitrogens with zero attached hydrogens (tertiary/aromatic N) is 1. The Morgan fingerprint density at radius 3 is 1.71 bits per heavy atom. The predicted octanol–water partition coefficient (Wildman–Crippen LogP) is 5.49. The quantitative estimate of drug-likeness (QED) is 0.454. The molecule has 0 spiro atoms. The maximum atomic E-state index is 10.1. The van der Waals surface area contributed by atoms with Crippen molar-refractivity contribution in [1.29, 1.82) is 0 Å². The van der Waals surface area contributed by atoms with E-state index in [-0.39, 0.29) is 6.23 Å². The van der Waals surface area contributed by atoms with Crippen molar-refractivity contribution in [3.05, 3.63) is 0 Å². The summed E-state index contributed by atoms with van der Waals surface area (Å²) in [6.07, 6.45) is 19.9. The first-order chi connectivity index (χ1) is 10.3. The molecular formula is C19H39NO. The lowest BCUT2D eigenvalue weighted by atomic mass is 10.0. The summed E-state index contributed by atoms with van der Waals surface area (Å²) in [5.41, 5.74) is 0. The van der Waals surface area contributed by atoms with E-state index in [1.54, 1.807) is 0 Å². The van der Waals surface area contributed by atoms with Gasteiger partial charge in [-0.2, -0.15) is 0 Å². The number of rotatable bonds is 13. The van der Waals surface area contributed by atoms with E-state index in [1.165, 1.54) is 89.9 Å². The summed E-state index contributed by atoms with van der Waals surface area (Å²) < 4.78 is 0. The monoisotopic (exact) mass is 297 g/mol. The van der Waals surface area contributed by atoms with E-state index in [2.05, 4.69) is 11.8 Å². The van der Waals surface area contributed by atoms with Crippen LogP contribution < -0.4 is 0 Å². The maximum absolute atomic E-state index is 10.1. The van der Waals surface area contributed by atoms with Gasteiger partial charge in [0.25, 0.3) is 0 Å². The molecule has 1 atom stereocenters. The molecule has 0 amide bonds. The zero-order valence-electron chi connectivity index (χ0n) is 14.5. The molecule has 1 fully saturated rings. The van der Waals surface area contributed by atoms with Crippen LogP contribution in [0.3, 0.4) is 0 Å². The van der Waals surface area contributed by atoms with E-state index in [4.69, 9.17) is 0 Å². The zero-order valence-corrected chi connectivity index (χ0v) is 14.5. The maximum Gasteiger partial charge on any atom is 0.107 e. The molecule has 1 heterocycles. The molecule has 1 aliphatic rings. The topological polar surface area (TPSA) is 23.5 Å². The van der Waals surface area contributed by atoms with Gasteiger partial charge >= 0.3 is 0 Å². The third kappa shape index (κ3) is 10.3. The highest BCUT2D eigenvalue weighted by Crippen LogP contribution is 2.16. The lowest BCUT2D eigenvalue weighted by Gasteiger charge is -2.31. The summed E-state index contributed by atoms with van der Waals surface area (Å²) in [7, 11) is 0. The van der Waals surface area contributed by atoms with Crippen LogP contribution in [0.5, 0.6) is 0 Å². The molecule has 0 aromatic heterocycles. The molecule has 1 unspecified atom stereocenters. The van der Waals surface area contributed by atoms with Crippen molar-refractivity contribution in [3.8, 4) is 0 Å². The molecule has 1 N–H and O–H groups in total. The van der Waals surface area contributed by atoms with Gasteiger partial charge in [0.05, 0.1) is 0 Å². The highest BCUT2D eigenvalue weighted by molar-refractivity contribution is 4.67. The number of hydrogen-bond acceptors (Lipinski definition) is 2. The van der Waals surface area contributed by atoms with Crippen molar-refractivity contribution < 1.29 is 5.11 Å². The summed E-state index contributed by atoms with van der Waals surface area (Å²) in [5, 5.41) is 10.1. The molecule has 21 heavy (non-hydrogen) atoms. The van der Waals surface area contributed by atoms with E-state index < -0.39 is 0 Å². The minimum atomic E-state index is -0.163. The van der Waals surface area contributed by atoms with Crippen molar-refractivity contribution >= 4 is 0 Å². The number of aliphatic hydroxyl groups is 1. The largest absolute Gasteiger partial charge is 0.378 e. The average Bonchev–Trinajstić information content (AvgIpc) is 2.53.